The largest absolute Gasteiger partial charge is 0.497 e. The number of ether oxygens (including phenoxy) is 1. The van der Waals surface area contributed by atoms with Crippen molar-refractivity contribution in [3.63, 3.8) is 0 Å². The normalized spacial score (nSPS) is 11.0. The summed E-state index contributed by atoms with van der Waals surface area (Å²) in [6.45, 7) is 0.793. The number of hydrogen-bond donors (Lipinski definition) is 0. The van der Waals surface area contributed by atoms with Gasteiger partial charge in [-0.2, -0.15) is 0 Å². The van der Waals surface area contributed by atoms with Crippen LogP contribution < -0.4 is 4.74 Å². The Kier molecular flexibility index (Phi) is 4.82. The highest BCUT2D eigenvalue weighted by Crippen LogP contribution is 2.42. The molecule has 5 aromatic rings. The molecule has 0 fully saturated rings. The van der Waals surface area contributed by atoms with Gasteiger partial charge in [0.2, 0.25) is 0 Å². The van der Waals surface area contributed by atoms with Crippen molar-refractivity contribution in [1.29, 1.82) is 0 Å². The van der Waals surface area contributed by atoms with Crippen molar-refractivity contribution in [2.24, 2.45) is 0 Å². The molecule has 0 saturated heterocycles. The third-order valence-electron chi connectivity index (χ3n) is 5.56. The summed E-state index contributed by atoms with van der Waals surface area (Å²) in [5.74, 6) is 0.869. The molecule has 0 bridgehead atoms. The van der Waals surface area contributed by atoms with E-state index < -0.39 is 0 Å². The lowest BCUT2D eigenvalue weighted by Gasteiger charge is -2.13. The fraction of sp³-hybridized carbons (Fsp3) is 0.0714. The van der Waals surface area contributed by atoms with Gasteiger partial charge in [0.25, 0.3) is 0 Å². The Morgan fingerprint density at radius 1 is 0.667 bits per heavy atom. The first-order valence-corrected chi connectivity index (χ1v) is 10.2. The second-order valence-electron chi connectivity index (χ2n) is 7.41. The van der Waals surface area contributed by atoms with Crippen LogP contribution in [-0.4, -0.2) is 11.7 Å². The zero-order chi connectivity index (χ0) is 20.3. The van der Waals surface area contributed by atoms with Gasteiger partial charge < -0.3 is 9.30 Å². The molecule has 0 aliphatic rings. The van der Waals surface area contributed by atoms with Crippen LogP contribution in [0.5, 0.6) is 5.75 Å². The lowest BCUT2D eigenvalue weighted by Crippen LogP contribution is -2.02. The van der Waals surface area contributed by atoms with Gasteiger partial charge in [0.1, 0.15) is 5.75 Å². The standard InChI is InChI=1S/C28H23NO/c1-30-24-17-18-25-26(19-24)29(20-21-11-5-2-6-12-21)28(23-15-9-4-10-16-23)27(25)22-13-7-3-8-14-22/h2-19H,20H2,1H3. The Morgan fingerprint density at radius 3 is 1.90 bits per heavy atom. The molecule has 146 valence electrons. The summed E-state index contributed by atoms with van der Waals surface area (Å²) in [6.07, 6.45) is 0. The molecule has 0 unspecified atom stereocenters. The van der Waals surface area contributed by atoms with Crippen LogP contribution in [0.3, 0.4) is 0 Å². The topological polar surface area (TPSA) is 14.2 Å². The predicted molar refractivity (Wildman–Crippen MR) is 125 cm³/mol. The number of hydrogen-bond acceptors (Lipinski definition) is 1. The van der Waals surface area contributed by atoms with Gasteiger partial charge in [-0.05, 0) is 28.8 Å². The summed E-state index contributed by atoms with van der Waals surface area (Å²) in [4.78, 5) is 0. The average molecular weight is 389 g/mol. The molecular weight excluding hydrogens is 366 g/mol. The van der Waals surface area contributed by atoms with Crippen LogP contribution in [0.4, 0.5) is 0 Å². The summed E-state index contributed by atoms with van der Waals surface area (Å²) in [5.41, 5.74) is 7.37. The van der Waals surface area contributed by atoms with Crippen LogP contribution >= 0.6 is 0 Å². The number of aromatic nitrogens is 1. The van der Waals surface area contributed by atoms with Gasteiger partial charge >= 0.3 is 0 Å². The molecule has 0 radical (unpaired) electrons. The number of fused-ring (bicyclic) bond motifs is 1. The molecule has 0 aliphatic carbocycles. The summed E-state index contributed by atoms with van der Waals surface area (Å²) >= 11 is 0. The minimum Gasteiger partial charge on any atom is -0.497 e. The SMILES string of the molecule is COc1ccc2c(-c3ccccc3)c(-c3ccccc3)n(Cc3ccccc3)c2c1. The quantitative estimate of drug-likeness (QED) is 0.315. The van der Waals surface area contributed by atoms with Gasteiger partial charge in [0.15, 0.2) is 0 Å². The van der Waals surface area contributed by atoms with Crippen molar-refractivity contribution in [2.75, 3.05) is 7.11 Å². The lowest BCUT2D eigenvalue weighted by molar-refractivity contribution is 0.415. The molecule has 2 nitrogen and oxygen atoms in total. The summed E-state index contributed by atoms with van der Waals surface area (Å²) in [7, 11) is 1.72. The molecule has 1 heterocycles. The van der Waals surface area contributed by atoms with Gasteiger partial charge in [-0.3, -0.25) is 0 Å². The minimum atomic E-state index is 0.793. The lowest BCUT2D eigenvalue weighted by atomic mass is 9.98. The molecular formula is C28H23NO. The monoisotopic (exact) mass is 389 g/mol. The van der Waals surface area contributed by atoms with E-state index in [9.17, 15) is 0 Å². The van der Waals surface area contributed by atoms with E-state index >= 15 is 0 Å². The van der Waals surface area contributed by atoms with Crippen LogP contribution in [0.2, 0.25) is 0 Å². The van der Waals surface area contributed by atoms with Crippen molar-refractivity contribution in [1.82, 2.24) is 4.57 Å². The van der Waals surface area contributed by atoms with E-state index in [2.05, 4.69) is 114 Å². The Bertz CT molecular complexity index is 1270. The van der Waals surface area contributed by atoms with Gasteiger partial charge in [0, 0.05) is 23.6 Å². The number of benzene rings is 4. The molecule has 0 aliphatic heterocycles. The third kappa shape index (κ3) is 3.27. The van der Waals surface area contributed by atoms with Gasteiger partial charge in [-0.25, -0.2) is 0 Å². The maximum absolute atomic E-state index is 5.57. The molecule has 0 amide bonds. The van der Waals surface area contributed by atoms with Crippen LogP contribution in [0, 0.1) is 0 Å². The third-order valence-corrected chi connectivity index (χ3v) is 5.56. The Labute approximate surface area is 177 Å². The Hall–Kier alpha value is -3.78. The molecule has 0 atom stereocenters. The van der Waals surface area contributed by atoms with Crippen molar-refractivity contribution >= 4 is 10.9 Å². The summed E-state index contributed by atoms with van der Waals surface area (Å²) in [6, 6.07) is 38.3. The Balaban J connectivity index is 1.87. The first-order chi connectivity index (χ1) is 14.8. The molecule has 0 spiro atoms. The van der Waals surface area contributed by atoms with E-state index in [4.69, 9.17) is 4.74 Å². The van der Waals surface area contributed by atoms with Crippen molar-refractivity contribution in [2.45, 2.75) is 6.54 Å². The fourth-order valence-electron chi connectivity index (χ4n) is 4.18. The smallest absolute Gasteiger partial charge is 0.120 e. The highest BCUT2D eigenvalue weighted by molar-refractivity contribution is 6.05. The average Bonchev–Trinajstić information content (AvgIpc) is 3.14. The van der Waals surface area contributed by atoms with E-state index in [1.54, 1.807) is 7.11 Å². The summed E-state index contributed by atoms with van der Waals surface area (Å²) < 4.78 is 8.00. The van der Waals surface area contributed by atoms with Gasteiger partial charge in [0.05, 0.1) is 18.3 Å². The predicted octanol–water partition coefficient (Wildman–Crippen LogP) is 7.03. The first-order valence-electron chi connectivity index (χ1n) is 10.2. The van der Waals surface area contributed by atoms with Crippen molar-refractivity contribution in [3.05, 3.63) is 115 Å². The van der Waals surface area contributed by atoms with E-state index in [-0.39, 0.29) is 0 Å². The molecule has 5 rings (SSSR count). The second-order valence-corrected chi connectivity index (χ2v) is 7.41. The highest BCUT2D eigenvalue weighted by atomic mass is 16.5. The number of rotatable bonds is 5. The van der Waals surface area contributed by atoms with E-state index in [0.29, 0.717) is 0 Å². The van der Waals surface area contributed by atoms with Crippen molar-refractivity contribution < 1.29 is 4.74 Å². The molecule has 1 aromatic heterocycles. The van der Waals surface area contributed by atoms with E-state index in [0.717, 1.165) is 12.3 Å². The molecule has 4 aromatic carbocycles. The second kappa shape index (κ2) is 7.92. The number of nitrogens with zero attached hydrogens (tertiary/aromatic N) is 1. The zero-order valence-corrected chi connectivity index (χ0v) is 17.0. The Morgan fingerprint density at radius 2 is 1.27 bits per heavy atom. The maximum atomic E-state index is 5.57. The van der Waals surface area contributed by atoms with Crippen molar-refractivity contribution in [3.8, 4) is 28.1 Å². The minimum absolute atomic E-state index is 0.793. The number of methoxy groups -OCH3 is 1. The molecule has 0 saturated carbocycles. The molecule has 0 N–H and O–H groups in total. The fourth-order valence-corrected chi connectivity index (χ4v) is 4.18. The van der Waals surface area contributed by atoms with E-state index in [1.165, 1.54) is 38.9 Å². The first kappa shape index (κ1) is 18.3. The summed E-state index contributed by atoms with van der Waals surface area (Å²) in [5, 5.41) is 1.23. The van der Waals surface area contributed by atoms with Gasteiger partial charge in [-0.1, -0.05) is 91.0 Å². The van der Waals surface area contributed by atoms with Crippen LogP contribution in [0.15, 0.2) is 109 Å². The van der Waals surface area contributed by atoms with Crippen LogP contribution in [-0.2, 0) is 6.54 Å². The van der Waals surface area contributed by atoms with Crippen LogP contribution in [0.1, 0.15) is 5.56 Å². The van der Waals surface area contributed by atoms with Crippen LogP contribution in [0.25, 0.3) is 33.3 Å². The van der Waals surface area contributed by atoms with E-state index in [1.807, 2.05) is 0 Å². The molecule has 2 heteroatoms. The highest BCUT2D eigenvalue weighted by Gasteiger charge is 2.20. The molecule has 30 heavy (non-hydrogen) atoms. The maximum Gasteiger partial charge on any atom is 0.120 e. The van der Waals surface area contributed by atoms with Gasteiger partial charge in [-0.15, -0.1) is 0 Å². The zero-order valence-electron chi connectivity index (χ0n) is 17.0.